The number of amides is 1. The van der Waals surface area contributed by atoms with Gasteiger partial charge in [0.25, 0.3) is 5.91 Å². The van der Waals surface area contributed by atoms with E-state index in [0.29, 0.717) is 5.92 Å². The topological polar surface area (TPSA) is 105 Å². The van der Waals surface area contributed by atoms with Crippen molar-refractivity contribution >= 4 is 17.8 Å². The van der Waals surface area contributed by atoms with Gasteiger partial charge in [-0.2, -0.15) is 0 Å². The molecule has 1 unspecified atom stereocenters. The maximum Gasteiger partial charge on any atom is 0.323 e. The lowest BCUT2D eigenvalue weighted by Gasteiger charge is -2.45. The van der Waals surface area contributed by atoms with Crippen molar-refractivity contribution in [2.24, 2.45) is 22.1 Å². The number of benzene rings is 1. The zero-order chi connectivity index (χ0) is 21.8. The summed E-state index contributed by atoms with van der Waals surface area (Å²) in [5.74, 6) is 5.57. The molecule has 2 spiro atoms. The molecule has 2 saturated carbocycles. The second-order valence-electron chi connectivity index (χ2n) is 9.27. The average Bonchev–Trinajstić information content (AvgIpc) is 3.51. The molecule has 0 bridgehead atoms. The van der Waals surface area contributed by atoms with Crippen LogP contribution in [0, 0.1) is 23.2 Å². The van der Waals surface area contributed by atoms with Crippen molar-refractivity contribution in [2.75, 3.05) is 13.7 Å². The van der Waals surface area contributed by atoms with Gasteiger partial charge >= 0.3 is 5.97 Å². The fourth-order valence-corrected chi connectivity index (χ4v) is 5.64. The van der Waals surface area contributed by atoms with E-state index in [2.05, 4.69) is 17.9 Å². The highest BCUT2D eigenvalue weighted by molar-refractivity contribution is 6.10. The number of hydrogen-bond acceptors (Lipinski definition) is 5. The van der Waals surface area contributed by atoms with Crippen LogP contribution in [0.1, 0.15) is 55.2 Å². The zero-order valence-corrected chi connectivity index (χ0v) is 17.7. The Kier molecular flexibility index (Phi) is 4.60. The maximum atomic E-state index is 13.9. The summed E-state index contributed by atoms with van der Waals surface area (Å²) >= 11 is 0. The summed E-state index contributed by atoms with van der Waals surface area (Å²) in [5, 5.41) is 9.34. The highest BCUT2D eigenvalue weighted by Gasteiger charge is 2.66. The van der Waals surface area contributed by atoms with Crippen LogP contribution in [0.2, 0.25) is 0 Å². The fraction of sp³-hybridized carbons (Fsp3) is 0.542. The molecule has 1 aromatic carbocycles. The van der Waals surface area contributed by atoms with Crippen LogP contribution in [0.3, 0.4) is 0 Å². The van der Waals surface area contributed by atoms with Gasteiger partial charge in [-0.1, -0.05) is 17.9 Å². The van der Waals surface area contributed by atoms with E-state index in [9.17, 15) is 14.7 Å². The molecule has 3 aliphatic carbocycles. The number of ether oxygens (including phenoxy) is 1. The van der Waals surface area contributed by atoms with Gasteiger partial charge in [0.2, 0.25) is 0 Å². The Morgan fingerprint density at radius 1 is 1.32 bits per heavy atom. The van der Waals surface area contributed by atoms with Crippen LogP contribution in [0.15, 0.2) is 23.2 Å². The molecule has 1 amide bonds. The number of carbonyl (C=O) groups is 2. The Bertz CT molecular complexity index is 1040. The van der Waals surface area contributed by atoms with E-state index in [1.807, 2.05) is 12.1 Å². The van der Waals surface area contributed by atoms with E-state index >= 15 is 0 Å². The second kappa shape index (κ2) is 7.10. The van der Waals surface area contributed by atoms with Gasteiger partial charge in [0.05, 0.1) is 6.10 Å². The van der Waals surface area contributed by atoms with Crippen LogP contribution < -0.4 is 5.73 Å². The first kappa shape index (κ1) is 20.1. The largest absolute Gasteiger partial charge is 0.480 e. The van der Waals surface area contributed by atoms with Crippen LogP contribution in [0.4, 0.5) is 0 Å². The molecule has 1 aromatic rings. The number of hydrogen-bond donors (Lipinski definition) is 2. The Morgan fingerprint density at radius 2 is 2.06 bits per heavy atom. The van der Waals surface area contributed by atoms with Gasteiger partial charge in [0.15, 0.2) is 11.5 Å². The third kappa shape index (κ3) is 3.04. The predicted molar refractivity (Wildman–Crippen MR) is 114 cm³/mol. The maximum absolute atomic E-state index is 13.9. The van der Waals surface area contributed by atoms with Gasteiger partial charge in [0, 0.05) is 24.0 Å². The minimum Gasteiger partial charge on any atom is -0.480 e. The number of carbonyl (C=O) groups excluding carboxylic acids is 1. The summed E-state index contributed by atoms with van der Waals surface area (Å²) in [7, 11) is 1.72. The summed E-state index contributed by atoms with van der Waals surface area (Å²) < 4.78 is 5.57. The van der Waals surface area contributed by atoms with E-state index in [1.165, 1.54) is 0 Å². The minimum absolute atomic E-state index is 0.0112. The summed E-state index contributed by atoms with van der Waals surface area (Å²) in [6.07, 6.45) is 6.39. The number of guanidine groups is 1. The average molecular weight is 421 g/mol. The smallest absolute Gasteiger partial charge is 0.323 e. The number of carboxylic acid groups (broad SMARTS) is 1. The van der Waals surface area contributed by atoms with Crippen molar-refractivity contribution in [3.63, 3.8) is 0 Å². The van der Waals surface area contributed by atoms with Gasteiger partial charge in [-0.15, -0.1) is 0 Å². The number of nitrogens with zero attached hydrogens (tertiary/aromatic N) is 2. The van der Waals surface area contributed by atoms with Gasteiger partial charge in [-0.3, -0.25) is 14.5 Å². The molecule has 4 aliphatic rings. The summed E-state index contributed by atoms with van der Waals surface area (Å²) in [4.78, 5) is 31.2. The number of rotatable bonds is 3. The molecule has 1 heterocycles. The van der Waals surface area contributed by atoms with Crippen molar-refractivity contribution in [1.29, 1.82) is 0 Å². The molecule has 1 atom stereocenters. The molecule has 7 heteroatoms. The molecule has 0 saturated heterocycles. The fourth-order valence-electron chi connectivity index (χ4n) is 5.64. The van der Waals surface area contributed by atoms with Gasteiger partial charge in [0.1, 0.15) is 6.54 Å². The highest BCUT2D eigenvalue weighted by atomic mass is 16.5. The van der Waals surface area contributed by atoms with E-state index in [4.69, 9.17) is 15.5 Å². The van der Waals surface area contributed by atoms with Crippen molar-refractivity contribution < 1.29 is 19.4 Å². The molecule has 7 nitrogen and oxygen atoms in total. The molecular weight excluding hydrogens is 394 g/mol. The Hall–Kier alpha value is -2.85. The monoisotopic (exact) mass is 421 g/mol. The molecule has 162 valence electrons. The predicted octanol–water partition coefficient (Wildman–Crippen LogP) is 2.02. The second-order valence-corrected chi connectivity index (χ2v) is 9.27. The first-order chi connectivity index (χ1) is 14.9. The summed E-state index contributed by atoms with van der Waals surface area (Å²) in [5.41, 5.74) is 7.33. The van der Waals surface area contributed by atoms with Crippen LogP contribution in [-0.2, 0) is 26.3 Å². The van der Waals surface area contributed by atoms with E-state index in [0.717, 1.165) is 66.5 Å². The molecule has 31 heavy (non-hydrogen) atoms. The first-order valence-electron chi connectivity index (χ1n) is 11.0. The number of fused-ring (bicyclic) bond motifs is 3. The molecule has 5 rings (SSSR count). The Morgan fingerprint density at radius 3 is 2.71 bits per heavy atom. The number of aliphatic imine (C=N–C) groups is 1. The SMILES string of the molecule is COC1CCC2(CC1)Cc1ccc(C#CC3CC3)cc1C21N=C(N)N(CC(=O)O)C1=O. The van der Waals surface area contributed by atoms with Crippen molar-refractivity contribution in [2.45, 2.75) is 56.6 Å². The number of aliphatic carboxylic acids is 1. The lowest BCUT2D eigenvalue weighted by atomic mass is 9.61. The summed E-state index contributed by atoms with van der Waals surface area (Å²) in [6.45, 7) is -0.483. The lowest BCUT2D eigenvalue weighted by Crippen LogP contribution is -2.53. The van der Waals surface area contributed by atoms with E-state index in [1.54, 1.807) is 7.11 Å². The number of nitrogens with two attached hydrogens (primary N) is 1. The Balaban J connectivity index is 1.62. The van der Waals surface area contributed by atoms with Gasteiger partial charge in [-0.05, 0) is 68.2 Å². The quantitative estimate of drug-likeness (QED) is 0.727. The molecule has 1 aliphatic heterocycles. The molecule has 0 aromatic heterocycles. The van der Waals surface area contributed by atoms with Crippen LogP contribution in [0.5, 0.6) is 0 Å². The lowest BCUT2D eigenvalue weighted by molar-refractivity contribution is -0.145. The van der Waals surface area contributed by atoms with Crippen LogP contribution >= 0.6 is 0 Å². The normalized spacial score (nSPS) is 31.5. The van der Waals surface area contributed by atoms with E-state index < -0.39 is 23.5 Å². The van der Waals surface area contributed by atoms with Gasteiger partial charge in [-0.25, -0.2) is 4.99 Å². The summed E-state index contributed by atoms with van der Waals surface area (Å²) in [6, 6.07) is 6.06. The van der Waals surface area contributed by atoms with Crippen LogP contribution in [-0.4, -0.2) is 47.6 Å². The van der Waals surface area contributed by atoms with Gasteiger partial charge < -0.3 is 15.6 Å². The Labute approximate surface area is 181 Å². The molecule has 0 radical (unpaired) electrons. The molecule has 3 N–H and O–H groups in total. The van der Waals surface area contributed by atoms with E-state index in [-0.39, 0.29) is 18.0 Å². The molecule has 2 fully saturated rings. The number of methoxy groups -OCH3 is 1. The third-order valence-corrected chi connectivity index (χ3v) is 7.42. The van der Waals surface area contributed by atoms with Crippen molar-refractivity contribution in [3.05, 3.63) is 34.9 Å². The van der Waals surface area contributed by atoms with Crippen molar-refractivity contribution in [1.82, 2.24) is 4.90 Å². The number of carboxylic acids is 1. The zero-order valence-electron chi connectivity index (χ0n) is 17.7. The van der Waals surface area contributed by atoms with Crippen LogP contribution in [0.25, 0.3) is 0 Å². The highest BCUT2D eigenvalue weighted by Crippen LogP contribution is 2.61. The molecular formula is C24H27N3O4. The minimum atomic E-state index is -1.18. The third-order valence-electron chi connectivity index (χ3n) is 7.42. The first-order valence-corrected chi connectivity index (χ1v) is 11.0. The standard InChI is InChI=1S/C24H27N3O4/c1-31-18-8-10-23(11-9-18)13-17-7-6-16(5-4-15-2-3-15)12-19(17)24(23)21(30)27(14-20(28)29)22(25)26-24/h6-7,12,15,18H,2-3,8-11,13-14H2,1H3,(H2,25,26)(H,28,29). The van der Waals surface area contributed by atoms with Crippen molar-refractivity contribution in [3.8, 4) is 11.8 Å².